The second-order valence-corrected chi connectivity index (χ2v) is 8.78. The van der Waals surface area contributed by atoms with Crippen molar-refractivity contribution in [1.29, 1.82) is 0 Å². The second-order valence-electron chi connectivity index (χ2n) is 7.07. The van der Waals surface area contributed by atoms with Gasteiger partial charge < -0.3 is 0 Å². The Morgan fingerprint density at radius 1 is 0.542 bits per heavy atom. The van der Waals surface area contributed by atoms with Crippen LogP contribution in [0.5, 0.6) is 0 Å². The number of benzene rings is 1. The minimum absolute atomic E-state index is 1.20. The van der Waals surface area contributed by atoms with E-state index in [4.69, 9.17) is 0 Å². The molecule has 0 aliphatic carbocycles. The summed E-state index contributed by atoms with van der Waals surface area (Å²) < 4.78 is 2.41. The average Bonchev–Trinajstić information content (AvgIpc) is 2.57. The van der Waals surface area contributed by atoms with Crippen LogP contribution in [0.1, 0.15) is 102 Å². The standard InChI is InChI=1S/C22H36Br2/c1-3-5-7-9-11-13-15-19-17-21(23)22(24)18-20(19)16-14-12-10-8-6-4-2/h17-18H,3-16H2,1-2H3. The molecule has 0 fully saturated rings. The lowest BCUT2D eigenvalue weighted by atomic mass is 9.96. The van der Waals surface area contributed by atoms with Gasteiger partial charge in [-0.1, -0.05) is 78.1 Å². The Kier molecular flexibility index (Phi) is 13.3. The molecule has 1 aromatic carbocycles. The van der Waals surface area contributed by atoms with E-state index in [2.05, 4.69) is 57.8 Å². The van der Waals surface area contributed by atoms with Crippen LogP contribution in [-0.2, 0) is 12.8 Å². The van der Waals surface area contributed by atoms with Crippen LogP contribution in [0.25, 0.3) is 0 Å². The first-order chi connectivity index (χ1) is 11.7. The summed E-state index contributed by atoms with van der Waals surface area (Å²) >= 11 is 7.37. The maximum absolute atomic E-state index is 3.69. The Morgan fingerprint density at radius 3 is 1.25 bits per heavy atom. The van der Waals surface area contributed by atoms with Gasteiger partial charge in [0.25, 0.3) is 0 Å². The van der Waals surface area contributed by atoms with Crippen molar-refractivity contribution in [2.75, 3.05) is 0 Å². The first kappa shape index (κ1) is 22.2. The smallest absolute Gasteiger partial charge is 0.0320 e. The van der Waals surface area contributed by atoms with Crippen LogP contribution in [0.15, 0.2) is 21.1 Å². The molecule has 0 saturated heterocycles. The van der Waals surface area contributed by atoms with Crippen LogP contribution in [0.3, 0.4) is 0 Å². The summed E-state index contributed by atoms with van der Waals surface area (Å²) in [4.78, 5) is 0. The van der Waals surface area contributed by atoms with Crippen molar-refractivity contribution in [3.8, 4) is 0 Å². The zero-order valence-electron chi connectivity index (χ0n) is 15.8. The maximum Gasteiger partial charge on any atom is 0.0320 e. The van der Waals surface area contributed by atoms with E-state index >= 15 is 0 Å². The maximum atomic E-state index is 3.69. The zero-order valence-corrected chi connectivity index (χ0v) is 19.0. The molecular formula is C22H36Br2. The molecule has 0 bridgehead atoms. The van der Waals surface area contributed by atoms with Gasteiger partial charge in [0, 0.05) is 8.95 Å². The van der Waals surface area contributed by atoms with Crippen molar-refractivity contribution in [3.05, 3.63) is 32.2 Å². The van der Waals surface area contributed by atoms with Gasteiger partial charge in [-0.2, -0.15) is 0 Å². The molecule has 138 valence electrons. The molecule has 0 heterocycles. The molecule has 0 spiro atoms. The predicted octanol–water partition coefficient (Wildman–Crippen LogP) is 9.02. The Labute approximate surface area is 167 Å². The number of hydrogen-bond acceptors (Lipinski definition) is 0. The van der Waals surface area contributed by atoms with Gasteiger partial charge >= 0.3 is 0 Å². The Morgan fingerprint density at radius 2 is 0.875 bits per heavy atom. The third-order valence-electron chi connectivity index (χ3n) is 4.84. The third-order valence-corrected chi connectivity index (χ3v) is 6.69. The third kappa shape index (κ3) is 9.61. The largest absolute Gasteiger partial charge is 0.0654 e. The molecule has 0 saturated carbocycles. The molecule has 24 heavy (non-hydrogen) atoms. The van der Waals surface area contributed by atoms with E-state index in [1.54, 1.807) is 11.1 Å². The van der Waals surface area contributed by atoms with Crippen LogP contribution in [0, 0.1) is 0 Å². The van der Waals surface area contributed by atoms with Gasteiger partial charge in [-0.05, 0) is 80.8 Å². The number of rotatable bonds is 14. The monoisotopic (exact) mass is 458 g/mol. The van der Waals surface area contributed by atoms with Gasteiger partial charge in [-0.15, -0.1) is 0 Å². The fraction of sp³-hybridized carbons (Fsp3) is 0.727. The minimum Gasteiger partial charge on any atom is -0.0654 e. The molecule has 2 heteroatoms. The highest BCUT2D eigenvalue weighted by Gasteiger charge is 2.07. The summed E-state index contributed by atoms with van der Waals surface area (Å²) in [6.45, 7) is 4.57. The molecule has 1 aromatic rings. The van der Waals surface area contributed by atoms with Gasteiger partial charge in [-0.3, -0.25) is 0 Å². The second kappa shape index (κ2) is 14.4. The molecule has 0 N–H and O–H groups in total. The molecule has 0 nitrogen and oxygen atoms in total. The Balaban J connectivity index is 2.42. The molecule has 0 aromatic heterocycles. The molecule has 0 unspecified atom stereocenters. The first-order valence-electron chi connectivity index (χ1n) is 10.2. The van der Waals surface area contributed by atoms with E-state index in [1.165, 1.54) is 98.8 Å². The molecule has 0 aliphatic rings. The summed E-state index contributed by atoms with van der Waals surface area (Å²) in [5.41, 5.74) is 3.13. The molecule has 0 amide bonds. The summed E-state index contributed by atoms with van der Waals surface area (Å²) in [5, 5.41) is 0. The van der Waals surface area contributed by atoms with E-state index in [0.717, 1.165) is 0 Å². The zero-order chi connectivity index (χ0) is 17.6. The highest BCUT2D eigenvalue weighted by molar-refractivity contribution is 9.13. The van der Waals surface area contributed by atoms with E-state index in [9.17, 15) is 0 Å². The van der Waals surface area contributed by atoms with Crippen molar-refractivity contribution in [2.45, 2.75) is 104 Å². The quantitative estimate of drug-likeness (QED) is 0.243. The van der Waals surface area contributed by atoms with Gasteiger partial charge in [0.2, 0.25) is 0 Å². The van der Waals surface area contributed by atoms with Crippen molar-refractivity contribution in [3.63, 3.8) is 0 Å². The van der Waals surface area contributed by atoms with Crippen LogP contribution in [-0.4, -0.2) is 0 Å². The number of unbranched alkanes of at least 4 members (excludes halogenated alkanes) is 10. The molecule has 0 atom stereocenters. The molecule has 1 rings (SSSR count). The van der Waals surface area contributed by atoms with Gasteiger partial charge in [0.15, 0.2) is 0 Å². The summed E-state index contributed by atoms with van der Waals surface area (Å²) in [6, 6.07) is 4.70. The fourth-order valence-corrected chi connectivity index (χ4v) is 4.07. The fourth-order valence-electron chi connectivity index (χ4n) is 3.29. The lowest BCUT2D eigenvalue weighted by molar-refractivity contribution is 0.599. The van der Waals surface area contributed by atoms with E-state index < -0.39 is 0 Å². The summed E-state index contributed by atoms with van der Waals surface area (Å²) in [6.07, 6.45) is 19.0. The summed E-state index contributed by atoms with van der Waals surface area (Å²) in [7, 11) is 0. The summed E-state index contributed by atoms with van der Waals surface area (Å²) in [5.74, 6) is 0. The van der Waals surface area contributed by atoms with Crippen LogP contribution in [0.4, 0.5) is 0 Å². The van der Waals surface area contributed by atoms with E-state index in [1.807, 2.05) is 0 Å². The normalized spacial score (nSPS) is 11.2. The topological polar surface area (TPSA) is 0 Å². The van der Waals surface area contributed by atoms with Gasteiger partial charge in [-0.25, -0.2) is 0 Å². The Bertz CT molecular complexity index is 399. The number of halogens is 2. The van der Waals surface area contributed by atoms with Crippen molar-refractivity contribution >= 4 is 31.9 Å². The first-order valence-corrected chi connectivity index (χ1v) is 11.7. The van der Waals surface area contributed by atoms with Crippen LogP contribution in [0.2, 0.25) is 0 Å². The molecule has 0 radical (unpaired) electrons. The number of hydrogen-bond donors (Lipinski definition) is 0. The van der Waals surface area contributed by atoms with E-state index in [0.29, 0.717) is 0 Å². The molecule has 0 aliphatic heterocycles. The average molecular weight is 460 g/mol. The van der Waals surface area contributed by atoms with E-state index in [-0.39, 0.29) is 0 Å². The van der Waals surface area contributed by atoms with Crippen LogP contribution < -0.4 is 0 Å². The highest BCUT2D eigenvalue weighted by atomic mass is 79.9. The minimum atomic E-state index is 1.20. The molecular weight excluding hydrogens is 424 g/mol. The number of aryl methyl sites for hydroxylation is 2. The van der Waals surface area contributed by atoms with Gasteiger partial charge in [0.1, 0.15) is 0 Å². The van der Waals surface area contributed by atoms with Crippen molar-refractivity contribution in [1.82, 2.24) is 0 Å². The Hall–Kier alpha value is 0.180. The predicted molar refractivity (Wildman–Crippen MR) is 116 cm³/mol. The SMILES string of the molecule is CCCCCCCCc1cc(Br)c(Br)cc1CCCCCCCC. The highest BCUT2D eigenvalue weighted by Crippen LogP contribution is 2.29. The van der Waals surface area contributed by atoms with Crippen molar-refractivity contribution in [2.24, 2.45) is 0 Å². The van der Waals surface area contributed by atoms with Crippen molar-refractivity contribution < 1.29 is 0 Å². The lowest BCUT2D eigenvalue weighted by Crippen LogP contribution is -1.97. The lowest BCUT2D eigenvalue weighted by Gasteiger charge is -2.12. The van der Waals surface area contributed by atoms with Crippen LogP contribution >= 0.6 is 31.9 Å². The van der Waals surface area contributed by atoms with Gasteiger partial charge in [0.05, 0.1) is 0 Å².